The number of aryl methyl sites for hydroxylation is 3. The van der Waals surface area contributed by atoms with E-state index in [1.165, 1.54) is 0 Å². The van der Waals surface area contributed by atoms with Gasteiger partial charge >= 0.3 is 0 Å². The van der Waals surface area contributed by atoms with Crippen molar-refractivity contribution in [3.05, 3.63) is 58.9 Å². The van der Waals surface area contributed by atoms with Gasteiger partial charge in [0.15, 0.2) is 0 Å². The molecular formula is C16H20N2O2. The topological polar surface area (TPSA) is 54.3 Å². The second-order valence-corrected chi connectivity index (χ2v) is 5.07. The molecule has 1 unspecified atom stereocenters. The number of benzene rings is 1. The van der Waals surface area contributed by atoms with Crippen LogP contribution in [0.25, 0.3) is 0 Å². The fraction of sp³-hybridized carbons (Fsp3) is 0.312. The number of carbonyl (C=O) groups is 1. The summed E-state index contributed by atoms with van der Waals surface area (Å²) in [6, 6.07) is 9.29. The number of hydrogen-bond acceptors (Lipinski definition) is 2. The molecular weight excluding hydrogens is 252 g/mol. The highest BCUT2D eigenvalue weighted by atomic mass is 16.3. The zero-order valence-corrected chi connectivity index (χ0v) is 12.1. The molecule has 106 valence electrons. The summed E-state index contributed by atoms with van der Waals surface area (Å²) in [5.74, 6) is -0.165. The van der Waals surface area contributed by atoms with Crippen molar-refractivity contribution in [1.29, 1.82) is 0 Å². The van der Waals surface area contributed by atoms with E-state index < -0.39 is 6.10 Å². The van der Waals surface area contributed by atoms with Gasteiger partial charge in [-0.25, -0.2) is 0 Å². The lowest BCUT2D eigenvalue weighted by Gasteiger charge is -2.13. The highest BCUT2D eigenvalue weighted by Gasteiger charge is 2.13. The Labute approximate surface area is 119 Å². The lowest BCUT2D eigenvalue weighted by atomic mass is 10.1. The smallest absolute Gasteiger partial charge is 0.251 e. The van der Waals surface area contributed by atoms with Gasteiger partial charge in [0.2, 0.25) is 0 Å². The summed E-state index contributed by atoms with van der Waals surface area (Å²) in [5, 5.41) is 12.8. The van der Waals surface area contributed by atoms with Crippen LogP contribution in [0.15, 0.2) is 36.5 Å². The molecule has 0 bridgehead atoms. The van der Waals surface area contributed by atoms with E-state index in [0.717, 1.165) is 16.8 Å². The average molecular weight is 272 g/mol. The Balaban J connectivity index is 1.98. The second kappa shape index (κ2) is 5.92. The number of rotatable bonds is 4. The first-order valence-corrected chi connectivity index (χ1v) is 6.64. The van der Waals surface area contributed by atoms with Gasteiger partial charge in [-0.1, -0.05) is 6.07 Å². The molecule has 0 aliphatic carbocycles. The number of amides is 1. The zero-order chi connectivity index (χ0) is 14.7. The van der Waals surface area contributed by atoms with Crippen LogP contribution >= 0.6 is 0 Å². The molecule has 0 aliphatic rings. The van der Waals surface area contributed by atoms with E-state index in [2.05, 4.69) is 5.32 Å². The van der Waals surface area contributed by atoms with Crippen LogP contribution in [0, 0.1) is 13.8 Å². The number of carbonyl (C=O) groups excluding carboxylic acids is 1. The predicted molar refractivity (Wildman–Crippen MR) is 78.6 cm³/mol. The van der Waals surface area contributed by atoms with Gasteiger partial charge in [0.25, 0.3) is 5.91 Å². The van der Waals surface area contributed by atoms with Crippen LogP contribution in [-0.2, 0) is 7.05 Å². The molecule has 0 fully saturated rings. The van der Waals surface area contributed by atoms with Crippen LogP contribution < -0.4 is 5.32 Å². The van der Waals surface area contributed by atoms with Crippen molar-refractivity contribution in [3.63, 3.8) is 0 Å². The Morgan fingerprint density at radius 3 is 2.65 bits per heavy atom. The number of nitrogens with zero attached hydrogens (tertiary/aromatic N) is 1. The molecule has 0 saturated heterocycles. The first kappa shape index (κ1) is 14.3. The highest BCUT2D eigenvalue weighted by molar-refractivity contribution is 5.94. The Hall–Kier alpha value is -2.07. The Kier molecular flexibility index (Phi) is 4.25. The van der Waals surface area contributed by atoms with Crippen LogP contribution in [-0.4, -0.2) is 22.1 Å². The van der Waals surface area contributed by atoms with Crippen molar-refractivity contribution >= 4 is 5.91 Å². The molecule has 0 radical (unpaired) electrons. The number of nitrogens with one attached hydrogen (secondary N) is 1. The minimum atomic E-state index is -0.703. The van der Waals surface area contributed by atoms with Gasteiger partial charge in [0.1, 0.15) is 6.10 Å². The Bertz CT molecular complexity index is 617. The van der Waals surface area contributed by atoms with Crippen LogP contribution in [0.1, 0.15) is 33.3 Å². The summed E-state index contributed by atoms with van der Waals surface area (Å²) in [4.78, 5) is 12.0. The lowest BCUT2D eigenvalue weighted by Crippen LogP contribution is -2.29. The standard InChI is InChI=1S/C16H20N2O2/c1-11-6-7-13(9-12(11)2)16(20)17-10-15(19)14-5-4-8-18(14)3/h4-9,15,19H,10H2,1-3H3,(H,17,20). The van der Waals surface area contributed by atoms with Gasteiger partial charge in [0, 0.05) is 31.0 Å². The van der Waals surface area contributed by atoms with Crippen molar-refractivity contribution < 1.29 is 9.90 Å². The van der Waals surface area contributed by atoms with Gasteiger partial charge in [-0.15, -0.1) is 0 Å². The third kappa shape index (κ3) is 3.08. The van der Waals surface area contributed by atoms with Crippen molar-refractivity contribution in [1.82, 2.24) is 9.88 Å². The molecule has 20 heavy (non-hydrogen) atoms. The van der Waals surface area contributed by atoms with Crippen molar-refractivity contribution in [2.75, 3.05) is 6.54 Å². The number of aliphatic hydroxyl groups excluding tert-OH is 1. The average Bonchev–Trinajstić information content (AvgIpc) is 2.85. The third-order valence-electron chi connectivity index (χ3n) is 3.55. The van der Waals surface area contributed by atoms with Crippen LogP contribution in [0.4, 0.5) is 0 Å². The monoisotopic (exact) mass is 272 g/mol. The molecule has 0 aliphatic heterocycles. The van der Waals surface area contributed by atoms with Gasteiger partial charge < -0.3 is 15.0 Å². The highest BCUT2D eigenvalue weighted by Crippen LogP contribution is 2.13. The minimum absolute atomic E-state index is 0.165. The first-order chi connectivity index (χ1) is 9.49. The summed E-state index contributed by atoms with van der Waals surface area (Å²) in [7, 11) is 1.86. The molecule has 2 aromatic rings. The Morgan fingerprint density at radius 2 is 2.05 bits per heavy atom. The summed E-state index contributed by atoms with van der Waals surface area (Å²) in [6.45, 7) is 4.19. The van der Waals surface area contributed by atoms with Crippen molar-refractivity contribution in [2.45, 2.75) is 20.0 Å². The number of hydrogen-bond donors (Lipinski definition) is 2. The summed E-state index contributed by atoms with van der Waals surface area (Å²) in [5.41, 5.74) is 3.64. The molecule has 0 spiro atoms. The molecule has 1 atom stereocenters. The van der Waals surface area contributed by atoms with Crippen LogP contribution in [0.2, 0.25) is 0 Å². The van der Waals surface area contributed by atoms with Gasteiger partial charge in [-0.05, 0) is 49.2 Å². The molecule has 0 saturated carbocycles. The van der Waals surface area contributed by atoms with Crippen LogP contribution in [0.5, 0.6) is 0 Å². The first-order valence-electron chi connectivity index (χ1n) is 6.64. The maximum atomic E-state index is 12.0. The van der Waals surface area contributed by atoms with Gasteiger partial charge in [0.05, 0.1) is 0 Å². The second-order valence-electron chi connectivity index (χ2n) is 5.07. The third-order valence-corrected chi connectivity index (χ3v) is 3.55. The quantitative estimate of drug-likeness (QED) is 0.895. The fourth-order valence-corrected chi connectivity index (χ4v) is 2.10. The lowest BCUT2D eigenvalue weighted by molar-refractivity contribution is 0.0912. The Morgan fingerprint density at radius 1 is 1.30 bits per heavy atom. The van der Waals surface area contributed by atoms with Gasteiger partial charge in [-0.2, -0.15) is 0 Å². The maximum Gasteiger partial charge on any atom is 0.251 e. The summed E-state index contributed by atoms with van der Waals surface area (Å²) >= 11 is 0. The number of aliphatic hydroxyl groups is 1. The molecule has 2 N–H and O–H groups in total. The largest absolute Gasteiger partial charge is 0.385 e. The van der Waals surface area contributed by atoms with Gasteiger partial charge in [-0.3, -0.25) is 4.79 Å². The summed E-state index contributed by atoms with van der Waals surface area (Å²) in [6.07, 6.45) is 1.16. The molecule has 1 heterocycles. The van der Waals surface area contributed by atoms with Crippen LogP contribution in [0.3, 0.4) is 0 Å². The molecule has 4 nitrogen and oxygen atoms in total. The minimum Gasteiger partial charge on any atom is -0.385 e. The van der Waals surface area contributed by atoms with Crippen molar-refractivity contribution in [3.8, 4) is 0 Å². The molecule has 1 aromatic heterocycles. The maximum absolute atomic E-state index is 12.0. The zero-order valence-electron chi connectivity index (χ0n) is 12.1. The van der Waals surface area contributed by atoms with E-state index in [-0.39, 0.29) is 12.5 Å². The number of aromatic nitrogens is 1. The van der Waals surface area contributed by atoms with E-state index in [1.807, 2.05) is 55.9 Å². The molecule has 1 aromatic carbocycles. The fourth-order valence-electron chi connectivity index (χ4n) is 2.10. The van der Waals surface area contributed by atoms with E-state index in [9.17, 15) is 9.90 Å². The SMILES string of the molecule is Cc1ccc(C(=O)NCC(O)c2cccn2C)cc1C. The van der Waals surface area contributed by atoms with Crippen molar-refractivity contribution in [2.24, 2.45) is 7.05 Å². The molecule has 2 rings (SSSR count). The normalized spacial score (nSPS) is 12.2. The molecule has 1 amide bonds. The molecule has 4 heteroatoms. The van der Waals surface area contributed by atoms with E-state index in [4.69, 9.17) is 0 Å². The van der Waals surface area contributed by atoms with E-state index in [1.54, 1.807) is 6.07 Å². The summed E-state index contributed by atoms with van der Waals surface area (Å²) < 4.78 is 1.84. The van der Waals surface area contributed by atoms with E-state index >= 15 is 0 Å². The predicted octanol–water partition coefficient (Wildman–Crippen LogP) is 2.11. The van der Waals surface area contributed by atoms with E-state index in [0.29, 0.717) is 5.56 Å².